The fourth-order valence-electron chi connectivity index (χ4n) is 3.22. The molecule has 19 heavy (non-hydrogen) atoms. The third kappa shape index (κ3) is 1.23. The zero-order chi connectivity index (χ0) is 14.0. The molecular weight excluding hydrogens is 256 g/mol. The van der Waals surface area contributed by atoms with Crippen LogP contribution in [-0.4, -0.2) is 78.8 Å². The minimum absolute atomic E-state index is 0.00549. The van der Waals surface area contributed by atoms with Crippen molar-refractivity contribution in [1.29, 1.82) is 0 Å². The number of aliphatic hydroxyl groups excluding tert-OH is 1. The Bertz CT molecular complexity index is 491. The van der Waals surface area contributed by atoms with Gasteiger partial charge in [0.1, 0.15) is 0 Å². The van der Waals surface area contributed by atoms with Gasteiger partial charge in [0.05, 0.1) is 13.2 Å². The predicted octanol–water partition coefficient (Wildman–Crippen LogP) is -4.55. The van der Waals surface area contributed by atoms with Crippen LogP contribution in [0.15, 0.2) is 4.99 Å². The van der Waals surface area contributed by atoms with Gasteiger partial charge in [-0.3, -0.25) is 5.73 Å². The van der Waals surface area contributed by atoms with E-state index in [1.54, 1.807) is 0 Å². The van der Waals surface area contributed by atoms with Crippen molar-refractivity contribution >= 4 is 11.9 Å². The van der Waals surface area contributed by atoms with Gasteiger partial charge in [-0.2, -0.15) is 0 Å². The Hall–Kier alpha value is -1.62. The molecular formula is C9H17N6O4+. The van der Waals surface area contributed by atoms with Gasteiger partial charge in [0.2, 0.25) is 11.4 Å². The van der Waals surface area contributed by atoms with Gasteiger partial charge in [-0.05, 0) is 0 Å². The van der Waals surface area contributed by atoms with Crippen molar-refractivity contribution in [3.8, 4) is 0 Å². The number of aliphatic imine (C=N–C) groups is 1. The van der Waals surface area contributed by atoms with Gasteiger partial charge in [-0.1, -0.05) is 0 Å². The van der Waals surface area contributed by atoms with Crippen molar-refractivity contribution in [2.45, 2.75) is 30.0 Å². The summed E-state index contributed by atoms with van der Waals surface area (Å²) in [6.07, 6.45) is 0.00594. The summed E-state index contributed by atoms with van der Waals surface area (Å²) in [5.41, 5.74) is 9.97. The number of nitrogens with zero attached hydrogens (tertiary/aromatic N) is 3. The molecule has 1 spiro atoms. The highest BCUT2D eigenvalue weighted by Crippen LogP contribution is 2.42. The predicted molar refractivity (Wildman–Crippen MR) is 61.9 cm³/mol. The van der Waals surface area contributed by atoms with Crippen LogP contribution in [0.3, 0.4) is 0 Å². The summed E-state index contributed by atoms with van der Waals surface area (Å²) in [4.78, 5) is 4.07. The zero-order valence-electron chi connectivity index (χ0n) is 10.1. The molecule has 0 bridgehead atoms. The average Bonchev–Trinajstić information content (AvgIpc) is 2.80. The van der Waals surface area contributed by atoms with Crippen LogP contribution < -0.4 is 16.8 Å². The lowest BCUT2D eigenvalue weighted by Crippen LogP contribution is -2.77. The van der Waals surface area contributed by atoms with Crippen LogP contribution in [0, 0.1) is 0 Å². The Morgan fingerprint density at radius 3 is 2.79 bits per heavy atom. The van der Waals surface area contributed by atoms with Gasteiger partial charge in [0.25, 0.3) is 0 Å². The Morgan fingerprint density at radius 1 is 1.47 bits per heavy atom. The lowest BCUT2D eigenvalue weighted by Gasteiger charge is -2.44. The normalized spacial score (nSPS) is 39.8. The Kier molecular flexibility index (Phi) is 2.27. The monoisotopic (exact) mass is 273 g/mol. The maximum atomic E-state index is 10.3. The highest BCUT2D eigenvalue weighted by molar-refractivity contribution is 5.83. The first-order valence-electron chi connectivity index (χ1n) is 5.90. The fourth-order valence-corrected chi connectivity index (χ4v) is 3.22. The van der Waals surface area contributed by atoms with Crippen molar-refractivity contribution in [3.63, 3.8) is 0 Å². The molecule has 3 atom stereocenters. The minimum atomic E-state index is -2.14. The average molecular weight is 273 g/mol. The van der Waals surface area contributed by atoms with E-state index in [2.05, 4.69) is 10.3 Å². The molecule has 3 aliphatic heterocycles. The fraction of sp³-hybridized carbons (Fsp3) is 0.778. The van der Waals surface area contributed by atoms with Gasteiger partial charge in [0, 0.05) is 6.42 Å². The first kappa shape index (κ1) is 12.4. The number of aliphatic hydroxyl groups is 3. The first-order valence-corrected chi connectivity index (χ1v) is 5.90. The third-order valence-electron chi connectivity index (χ3n) is 4.12. The SMILES string of the molecule is NC1=N[C@H]2[C@H](CO)N(O)C(N)=[N+]3CCC(O)(O)[C@]23N1. The summed E-state index contributed by atoms with van der Waals surface area (Å²) in [5.74, 6) is -2.22. The summed E-state index contributed by atoms with van der Waals surface area (Å²) < 4.78 is 1.41. The summed E-state index contributed by atoms with van der Waals surface area (Å²) >= 11 is 0. The second-order valence-corrected chi connectivity index (χ2v) is 5.02. The van der Waals surface area contributed by atoms with E-state index in [-0.39, 0.29) is 24.9 Å². The van der Waals surface area contributed by atoms with Crippen LogP contribution in [0.4, 0.5) is 0 Å². The van der Waals surface area contributed by atoms with Crippen molar-refractivity contribution in [3.05, 3.63) is 0 Å². The van der Waals surface area contributed by atoms with E-state index >= 15 is 0 Å². The molecule has 1 saturated heterocycles. The highest BCUT2D eigenvalue weighted by atomic mass is 16.5. The molecule has 0 aromatic carbocycles. The molecule has 9 N–H and O–H groups in total. The number of rotatable bonds is 1. The number of nitrogens with one attached hydrogen (secondary N) is 1. The maximum absolute atomic E-state index is 10.3. The molecule has 0 saturated carbocycles. The van der Waals surface area contributed by atoms with Crippen molar-refractivity contribution in [2.24, 2.45) is 16.5 Å². The smallest absolute Gasteiger partial charge is 0.376 e. The Balaban J connectivity index is 2.22. The molecule has 0 aromatic heterocycles. The van der Waals surface area contributed by atoms with E-state index in [1.165, 1.54) is 4.58 Å². The molecule has 0 aliphatic carbocycles. The number of guanidine groups is 2. The van der Waals surface area contributed by atoms with Crippen LogP contribution in [0.2, 0.25) is 0 Å². The van der Waals surface area contributed by atoms with Gasteiger partial charge in [0.15, 0.2) is 18.0 Å². The van der Waals surface area contributed by atoms with E-state index in [4.69, 9.17) is 11.5 Å². The van der Waals surface area contributed by atoms with E-state index in [0.717, 1.165) is 0 Å². The summed E-state index contributed by atoms with van der Waals surface area (Å²) in [6.45, 7) is -0.258. The number of hydrogen-bond acceptors (Lipinski definition) is 9. The maximum Gasteiger partial charge on any atom is 0.376 e. The summed E-state index contributed by atoms with van der Waals surface area (Å²) in [5, 5.41) is 43.3. The molecule has 0 aromatic rings. The quantitative estimate of drug-likeness (QED) is 0.185. The van der Waals surface area contributed by atoms with Crippen LogP contribution in [0.25, 0.3) is 0 Å². The molecule has 0 radical (unpaired) electrons. The van der Waals surface area contributed by atoms with Gasteiger partial charge >= 0.3 is 5.96 Å². The second kappa shape index (κ2) is 3.48. The number of hydroxylamine groups is 2. The molecule has 3 aliphatic rings. The molecule has 1 fully saturated rings. The van der Waals surface area contributed by atoms with E-state index in [9.17, 15) is 20.5 Å². The molecule has 0 unspecified atom stereocenters. The van der Waals surface area contributed by atoms with Crippen molar-refractivity contribution in [2.75, 3.05) is 13.2 Å². The van der Waals surface area contributed by atoms with Crippen LogP contribution in [0.1, 0.15) is 6.42 Å². The molecule has 10 heteroatoms. The second-order valence-electron chi connectivity index (χ2n) is 5.02. The molecule has 3 heterocycles. The summed E-state index contributed by atoms with van der Waals surface area (Å²) in [6, 6.07) is -1.78. The van der Waals surface area contributed by atoms with E-state index in [0.29, 0.717) is 5.06 Å². The Labute approximate surface area is 108 Å². The first-order chi connectivity index (χ1) is 8.85. The Morgan fingerprint density at radius 2 is 2.16 bits per heavy atom. The lowest BCUT2D eigenvalue weighted by atomic mass is 9.87. The number of nitrogens with two attached hydrogens (primary N) is 2. The highest BCUT2D eigenvalue weighted by Gasteiger charge is 2.72. The van der Waals surface area contributed by atoms with Crippen molar-refractivity contribution < 1.29 is 25.1 Å². The standard InChI is InChI=1S/C9H16N6O4/c10-6-12-5-4(3-16)15(19)7(11)14-2-1-8(17,18)9(5,14)13-6/h4-5,11,16-19H,1-3H2,(H3,10,12,13)/p+1/t4-,5-,9-/m0/s1. The van der Waals surface area contributed by atoms with Crippen LogP contribution >= 0.6 is 0 Å². The van der Waals surface area contributed by atoms with Crippen molar-refractivity contribution in [1.82, 2.24) is 10.4 Å². The van der Waals surface area contributed by atoms with Gasteiger partial charge < -0.3 is 26.4 Å². The van der Waals surface area contributed by atoms with Gasteiger partial charge in [-0.25, -0.2) is 14.8 Å². The summed E-state index contributed by atoms with van der Waals surface area (Å²) in [7, 11) is 0. The molecule has 3 rings (SSSR count). The van der Waals surface area contributed by atoms with E-state index < -0.39 is 30.1 Å². The molecule has 10 nitrogen and oxygen atoms in total. The van der Waals surface area contributed by atoms with Crippen LogP contribution in [-0.2, 0) is 0 Å². The number of hydrogen-bond donors (Lipinski definition) is 7. The lowest BCUT2D eigenvalue weighted by molar-refractivity contribution is -0.632. The zero-order valence-corrected chi connectivity index (χ0v) is 10.1. The third-order valence-corrected chi connectivity index (χ3v) is 4.12. The van der Waals surface area contributed by atoms with Crippen LogP contribution in [0.5, 0.6) is 0 Å². The minimum Gasteiger partial charge on any atom is -0.393 e. The van der Waals surface area contributed by atoms with E-state index in [1.807, 2.05) is 0 Å². The molecule has 106 valence electrons. The topological polar surface area (TPSA) is 164 Å². The largest absolute Gasteiger partial charge is 0.393 e. The van der Waals surface area contributed by atoms with Gasteiger partial charge in [-0.15, -0.1) is 5.06 Å². The molecule has 0 amide bonds.